The molecule has 2 saturated heterocycles. The maximum Gasteiger partial charge on any atom is 0.322 e. The highest BCUT2D eigenvalue weighted by Gasteiger charge is 2.51. The van der Waals surface area contributed by atoms with Gasteiger partial charge in [-0.3, -0.25) is 10.1 Å². The Bertz CT molecular complexity index is 555. The highest BCUT2D eigenvalue weighted by Crippen LogP contribution is 2.32. The highest BCUT2D eigenvalue weighted by molar-refractivity contribution is 6.07. The number of hydrogen-bond donors (Lipinski definition) is 3. The summed E-state index contributed by atoms with van der Waals surface area (Å²) >= 11 is 0. The summed E-state index contributed by atoms with van der Waals surface area (Å²) in [6.07, 6.45) is 2.04. The molecule has 112 valence electrons. The van der Waals surface area contributed by atoms with Crippen LogP contribution in [0.4, 0.5) is 9.18 Å². The molecule has 1 unspecified atom stereocenters. The first-order valence-electron chi connectivity index (χ1n) is 7.19. The van der Waals surface area contributed by atoms with Gasteiger partial charge in [0.15, 0.2) is 0 Å². The number of benzene rings is 1. The Morgan fingerprint density at radius 3 is 2.38 bits per heavy atom. The van der Waals surface area contributed by atoms with Crippen LogP contribution in [-0.4, -0.2) is 30.6 Å². The lowest BCUT2D eigenvalue weighted by atomic mass is 9.74. The third-order valence-electron chi connectivity index (χ3n) is 4.40. The van der Waals surface area contributed by atoms with Crippen molar-refractivity contribution in [3.8, 4) is 0 Å². The van der Waals surface area contributed by atoms with Gasteiger partial charge in [0, 0.05) is 6.42 Å². The fraction of sp³-hybridized carbons (Fsp3) is 0.467. The van der Waals surface area contributed by atoms with Crippen molar-refractivity contribution in [1.82, 2.24) is 16.0 Å². The third-order valence-corrected chi connectivity index (χ3v) is 4.40. The van der Waals surface area contributed by atoms with Gasteiger partial charge in [-0.2, -0.15) is 0 Å². The van der Waals surface area contributed by atoms with E-state index in [2.05, 4.69) is 16.0 Å². The summed E-state index contributed by atoms with van der Waals surface area (Å²) < 4.78 is 13.0. The average molecular weight is 291 g/mol. The number of carbonyl (C=O) groups is 2. The second kappa shape index (κ2) is 5.44. The zero-order valence-electron chi connectivity index (χ0n) is 11.6. The standard InChI is InChI=1S/C15H18FN3O2/c16-12-3-1-10(2-4-12)9-15(11-5-7-17-8-6-11)13(20)18-14(21)19-15/h1-4,11,17H,5-9H2,(H2,18,19,20,21). The number of hydrogen-bond acceptors (Lipinski definition) is 3. The predicted octanol–water partition coefficient (Wildman–Crippen LogP) is 0.946. The third kappa shape index (κ3) is 2.63. The van der Waals surface area contributed by atoms with E-state index >= 15 is 0 Å². The number of urea groups is 1. The fourth-order valence-corrected chi connectivity index (χ4v) is 3.30. The van der Waals surface area contributed by atoms with E-state index in [0.717, 1.165) is 31.5 Å². The maximum atomic E-state index is 13.0. The first-order chi connectivity index (χ1) is 10.1. The summed E-state index contributed by atoms with van der Waals surface area (Å²) in [7, 11) is 0. The normalized spacial score (nSPS) is 26.5. The summed E-state index contributed by atoms with van der Waals surface area (Å²) in [5.74, 6) is -0.506. The first-order valence-corrected chi connectivity index (χ1v) is 7.19. The van der Waals surface area contributed by atoms with Crippen molar-refractivity contribution in [3.63, 3.8) is 0 Å². The van der Waals surface area contributed by atoms with Crippen molar-refractivity contribution < 1.29 is 14.0 Å². The van der Waals surface area contributed by atoms with E-state index < -0.39 is 11.6 Å². The zero-order valence-corrected chi connectivity index (χ0v) is 11.6. The summed E-state index contributed by atoms with van der Waals surface area (Å²) in [5.41, 5.74) is -0.0796. The Balaban J connectivity index is 1.90. The highest BCUT2D eigenvalue weighted by atomic mass is 19.1. The van der Waals surface area contributed by atoms with Crippen LogP contribution in [0.25, 0.3) is 0 Å². The first kappa shape index (κ1) is 14.0. The molecular formula is C15H18FN3O2. The quantitative estimate of drug-likeness (QED) is 0.726. The molecule has 3 rings (SSSR count). The van der Waals surface area contributed by atoms with Crippen molar-refractivity contribution in [1.29, 1.82) is 0 Å². The van der Waals surface area contributed by atoms with E-state index in [9.17, 15) is 14.0 Å². The SMILES string of the molecule is O=C1NC(=O)C(Cc2ccc(F)cc2)(C2CCNCC2)N1. The molecule has 0 aliphatic carbocycles. The number of nitrogens with one attached hydrogen (secondary N) is 3. The molecule has 0 spiro atoms. The van der Waals surface area contributed by atoms with Crippen molar-refractivity contribution in [2.45, 2.75) is 24.8 Å². The van der Waals surface area contributed by atoms with Crippen LogP contribution in [0.3, 0.4) is 0 Å². The summed E-state index contributed by atoms with van der Waals surface area (Å²) in [5, 5.41) is 8.44. The van der Waals surface area contributed by atoms with Crippen LogP contribution in [0, 0.1) is 11.7 Å². The lowest BCUT2D eigenvalue weighted by Crippen LogP contribution is -2.57. The number of piperidine rings is 1. The van der Waals surface area contributed by atoms with E-state index in [1.165, 1.54) is 12.1 Å². The Labute approximate surface area is 122 Å². The van der Waals surface area contributed by atoms with Gasteiger partial charge < -0.3 is 10.6 Å². The van der Waals surface area contributed by atoms with Crippen molar-refractivity contribution in [2.75, 3.05) is 13.1 Å². The predicted molar refractivity (Wildman–Crippen MR) is 75.1 cm³/mol. The molecule has 6 heteroatoms. The zero-order chi connectivity index (χ0) is 14.9. The molecule has 3 amide bonds. The van der Waals surface area contributed by atoms with Gasteiger partial charge in [0.05, 0.1) is 0 Å². The van der Waals surface area contributed by atoms with Gasteiger partial charge in [0.2, 0.25) is 0 Å². The van der Waals surface area contributed by atoms with Crippen molar-refractivity contribution in [2.24, 2.45) is 5.92 Å². The van der Waals surface area contributed by atoms with Crippen LogP contribution in [0.5, 0.6) is 0 Å². The molecule has 2 aliphatic heterocycles. The van der Waals surface area contributed by atoms with Gasteiger partial charge in [-0.1, -0.05) is 12.1 Å². The second-order valence-electron chi connectivity index (χ2n) is 5.71. The average Bonchev–Trinajstić information content (AvgIpc) is 2.77. The van der Waals surface area contributed by atoms with Crippen LogP contribution in [0.1, 0.15) is 18.4 Å². The van der Waals surface area contributed by atoms with Crippen molar-refractivity contribution in [3.05, 3.63) is 35.6 Å². The Morgan fingerprint density at radius 2 is 1.81 bits per heavy atom. The van der Waals surface area contributed by atoms with Crippen LogP contribution >= 0.6 is 0 Å². The lowest BCUT2D eigenvalue weighted by Gasteiger charge is -2.37. The minimum atomic E-state index is -0.920. The lowest BCUT2D eigenvalue weighted by molar-refractivity contribution is -0.126. The number of halogens is 1. The molecule has 1 atom stereocenters. The number of amides is 3. The molecule has 1 aromatic carbocycles. The van der Waals surface area contributed by atoms with Gasteiger partial charge in [0.1, 0.15) is 11.4 Å². The molecule has 5 nitrogen and oxygen atoms in total. The van der Waals surface area contributed by atoms with E-state index in [0.29, 0.717) is 6.42 Å². The van der Waals surface area contributed by atoms with E-state index in [-0.39, 0.29) is 17.6 Å². The number of rotatable bonds is 3. The minimum Gasteiger partial charge on any atom is -0.323 e. The molecule has 2 fully saturated rings. The van der Waals surface area contributed by atoms with E-state index in [4.69, 9.17) is 0 Å². The molecule has 1 aromatic rings. The molecule has 0 bridgehead atoms. The Hall–Kier alpha value is -1.95. The van der Waals surface area contributed by atoms with Crippen LogP contribution in [0.2, 0.25) is 0 Å². The van der Waals surface area contributed by atoms with E-state index in [1.54, 1.807) is 12.1 Å². The summed E-state index contributed by atoms with van der Waals surface area (Å²) in [6, 6.07) is 5.63. The van der Waals surface area contributed by atoms with E-state index in [1.807, 2.05) is 0 Å². The van der Waals surface area contributed by atoms with Gasteiger partial charge in [0.25, 0.3) is 5.91 Å². The van der Waals surface area contributed by atoms with Gasteiger partial charge in [-0.15, -0.1) is 0 Å². The Kier molecular flexibility index (Phi) is 3.63. The van der Waals surface area contributed by atoms with Gasteiger partial charge in [-0.25, -0.2) is 9.18 Å². The van der Waals surface area contributed by atoms with Crippen LogP contribution in [0.15, 0.2) is 24.3 Å². The molecule has 2 aliphatic rings. The number of carbonyl (C=O) groups excluding carboxylic acids is 2. The Morgan fingerprint density at radius 1 is 1.14 bits per heavy atom. The van der Waals surface area contributed by atoms with Gasteiger partial charge in [-0.05, 0) is 49.5 Å². The maximum absolute atomic E-state index is 13.0. The molecule has 0 aromatic heterocycles. The summed E-state index contributed by atoms with van der Waals surface area (Å²) in [4.78, 5) is 24.0. The molecule has 0 radical (unpaired) electrons. The van der Waals surface area contributed by atoms with Crippen LogP contribution in [-0.2, 0) is 11.2 Å². The molecule has 3 N–H and O–H groups in total. The largest absolute Gasteiger partial charge is 0.323 e. The monoisotopic (exact) mass is 291 g/mol. The molecule has 21 heavy (non-hydrogen) atoms. The van der Waals surface area contributed by atoms with Gasteiger partial charge >= 0.3 is 6.03 Å². The topological polar surface area (TPSA) is 70.2 Å². The fourth-order valence-electron chi connectivity index (χ4n) is 3.30. The molecule has 0 saturated carbocycles. The smallest absolute Gasteiger partial charge is 0.322 e. The van der Waals surface area contributed by atoms with Crippen LogP contribution < -0.4 is 16.0 Å². The molecule has 2 heterocycles. The van der Waals surface area contributed by atoms with Crippen molar-refractivity contribution >= 4 is 11.9 Å². The molecular weight excluding hydrogens is 273 g/mol. The second-order valence-corrected chi connectivity index (χ2v) is 5.71. The minimum absolute atomic E-state index is 0.0789. The number of imide groups is 1. The summed E-state index contributed by atoms with van der Waals surface area (Å²) in [6.45, 7) is 1.66.